The van der Waals surface area contributed by atoms with E-state index < -0.39 is 0 Å². The van der Waals surface area contributed by atoms with Crippen LogP contribution in [0.2, 0.25) is 0 Å². The van der Waals surface area contributed by atoms with Crippen molar-refractivity contribution in [2.45, 2.75) is 19.4 Å². The van der Waals surface area contributed by atoms with Gasteiger partial charge in [0.1, 0.15) is 0 Å². The molecule has 18 heavy (non-hydrogen) atoms. The first-order valence-electron chi connectivity index (χ1n) is 6.35. The van der Waals surface area contributed by atoms with Crippen molar-refractivity contribution < 1.29 is 4.42 Å². The number of rotatable bonds is 3. The molecule has 2 aromatic rings. The lowest BCUT2D eigenvalue weighted by molar-refractivity contribution is 0.318. The summed E-state index contributed by atoms with van der Waals surface area (Å²) in [5.41, 5.74) is 7.69. The molecule has 2 N–H and O–H groups in total. The van der Waals surface area contributed by atoms with Crippen LogP contribution in [-0.2, 0) is 6.54 Å². The molecule has 96 valence electrons. The van der Waals surface area contributed by atoms with E-state index in [1.54, 1.807) is 16.7 Å². The van der Waals surface area contributed by atoms with Crippen molar-refractivity contribution in [2.75, 3.05) is 25.4 Å². The predicted octanol–water partition coefficient (Wildman–Crippen LogP) is 1.27. The van der Waals surface area contributed by atoms with Crippen LogP contribution in [0.1, 0.15) is 12.8 Å². The van der Waals surface area contributed by atoms with Crippen molar-refractivity contribution in [1.82, 2.24) is 9.47 Å². The second-order valence-corrected chi connectivity index (χ2v) is 4.80. The summed E-state index contributed by atoms with van der Waals surface area (Å²) in [6, 6.07) is 5.34. The molecule has 1 aliphatic heterocycles. The molecule has 1 aliphatic rings. The standard InChI is InChI=1S/C13H17N3O2/c14-10-3-4-11-12(9-10)18-13(17)16(11)8-7-15-5-1-2-6-15/h3-4,9H,1-2,5-8,14H2. The van der Waals surface area contributed by atoms with Gasteiger partial charge in [0.05, 0.1) is 5.52 Å². The number of oxazole rings is 1. The van der Waals surface area contributed by atoms with Crippen LogP contribution in [0.25, 0.3) is 11.1 Å². The minimum absolute atomic E-state index is 0.296. The van der Waals surface area contributed by atoms with Gasteiger partial charge in [0.15, 0.2) is 5.58 Å². The lowest BCUT2D eigenvalue weighted by atomic mass is 10.3. The smallest absolute Gasteiger partial charge is 0.408 e. The van der Waals surface area contributed by atoms with E-state index in [-0.39, 0.29) is 5.76 Å². The van der Waals surface area contributed by atoms with Gasteiger partial charge in [-0.05, 0) is 38.1 Å². The largest absolute Gasteiger partial charge is 0.419 e. The van der Waals surface area contributed by atoms with Crippen LogP contribution in [0.15, 0.2) is 27.4 Å². The Labute approximate surface area is 105 Å². The molecular formula is C13H17N3O2. The van der Waals surface area contributed by atoms with Crippen molar-refractivity contribution in [3.8, 4) is 0 Å². The Kier molecular flexibility index (Phi) is 2.83. The molecule has 0 aliphatic carbocycles. The monoisotopic (exact) mass is 247 g/mol. The fourth-order valence-electron chi connectivity index (χ4n) is 2.54. The molecule has 0 atom stereocenters. The van der Waals surface area contributed by atoms with Crippen molar-refractivity contribution in [1.29, 1.82) is 0 Å². The number of nitrogens with two attached hydrogens (primary N) is 1. The Hall–Kier alpha value is -1.75. The summed E-state index contributed by atoms with van der Waals surface area (Å²) in [4.78, 5) is 14.2. The number of hydrogen-bond donors (Lipinski definition) is 1. The van der Waals surface area contributed by atoms with Gasteiger partial charge >= 0.3 is 5.76 Å². The van der Waals surface area contributed by atoms with Gasteiger partial charge in [-0.1, -0.05) is 0 Å². The van der Waals surface area contributed by atoms with E-state index in [0.29, 0.717) is 17.8 Å². The summed E-state index contributed by atoms with van der Waals surface area (Å²) in [5.74, 6) is -0.296. The molecule has 5 nitrogen and oxygen atoms in total. The minimum Gasteiger partial charge on any atom is -0.408 e. The Morgan fingerprint density at radius 1 is 1.22 bits per heavy atom. The number of nitrogens with zero attached hydrogens (tertiary/aromatic N) is 2. The lowest BCUT2D eigenvalue weighted by Crippen LogP contribution is -2.27. The second kappa shape index (κ2) is 4.49. The summed E-state index contributed by atoms with van der Waals surface area (Å²) in [5, 5.41) is 0. The lowest BCUT2D eigenvalue weighted by Gasteiger charge is -2.14. The molecule has 1 fully saturated rings. The van der Waals surface area contributed by atoms with E-state index in [0.717, 1.165) is 25.2 Å². The minimum atomic E-state index is -0.296. The van der Waals surface area contributed by atoms with Gasteiger partial charge in [0.2, 0.25) is 0 Å². The van der Waals surface area contributed by atoms with Crippen LogP contribution >= 0.6 is 0 Å². The number of benzene rings is 1. The van der Waals surface area contributed by atoms with Crippen LogP contribution < -0.4 is 11.5 Å². The highest BCUT2D eigenvalue weighted by molar-refractivity contribution is 5.76. The fraction of sp³-hybridized carbons (Fsp3) is 0.462. The Bertz CT molecular complexity index is 608. The fourth-order valence-corrected chi connectivity index (χ4v) is 2.54. The highest BCUT2D eigenvalue weighted by atomic mass is 16.4. The Balaban J connectivity index is 1.86. The van der Waals surface area contributed by atoms with Gasteiger partial charge in [-0.25, -0.2) is 4.79 Å². The molecule has 0 saturated carbocycles. The third kappa shape index (κ3) is 2.01. The molecule has 1 aromatic heterocycles. The zero-order chi connectivity index (χ0) is 12.5. The molecule has 5 heteroatoms. The molecule has 0 unspecified atom stereocenters. The molecule has 0 amide bonds. The molecule has 0 bridgehead atoms. The van der Waals surface area contributed by atoms with Crippen LogP contribution in [0.4, 0.5) is 5.69 Å². The van der Waals surface area contributed by atoms with Gasteiger partial charge in [0, 0.05) is 24.8 Å². The zero-order valence-electron chi connectivity index (χ0n) is 10.3. The van der Waals surface area contributed by atoms with E-state index in [9.17, 15) is 4.79 Å². The van der Waals surface area contributed by atoms with E-state index in [2.05, 4.69) is 4.90 Å². The van der Waals surface area contributed by atoms with Gasteiger partial charge in [-0.3, -0.25) is 4.57 Å². The molecule has 2 heterocycles. The SMILES string of the molecule is Nc1ccc2c(c1)oc(=O)n2CCN1CCCC1. The number of anilines is 1. The average Bonchev–Trinajstić information content (AvgIpc) is 2.93. The number of hydrogen-bond acceptors (Lipinski definition) is 4. The normalized spacial score (nSPS) is 16.7. The van der Waals surface area contributed by atoms with Crippen molar-refractivity contribution in [2.24, 2.45) is 0 Å². The maximum atomic E-state index is 11.8. The highest BCUT2D eigenvalue weighted by Crippen LogP contribution is 2.16. The Morgan fingerprint density at radius 2 is 2.00 bits per heavy atom. The van der Waals surface area contributed by atoms with E-state index >= 15 is 0 Å². The summed E-state index contributed by atoms with van der Waals surface area (Å²) < 4.78 is 6.89. The van der Waals surface area contributed by atoms with Gasteiger partial charge in [-0.2, -0.15) is 0 Å². The molecule has 1 aromatic carbocycles. The van der Waals surface area contributed by atoms with Crippen molar-refractivity contribution >= 4 is 16.8 Å². The first kappa shape index (κ1) is 11.3. The molecule has 1 saturated heterocycles. The van der Waals surface area contributed by atoms with E-state index in [4.69, 9.17) is 10.2 Å². The third-order valence-electron chi connectivity index (χ3n) is 3.53. The van der Waals surface area contributed by atoms with Crippen LogP contribution in [-0.4, -0.2) is 29.1 Å². The van der Waals surface area contributed by atoms with Gasteiger partial charge in [0.25, 0.3) is 0 Å². The maximum absolute atomic E-state index is 11.8. The first-order valence-corrected chi connectivity index (χ1v) is 6.35. The molecule has 0 radical (unpaired) electrons. The van der Waals surface area contributed by atoms with E-state index in [1.165, 1.54) is 12.8 Å². The third-order valence-corrected chi connectivity index (χ3v) is 3.53. The zero-order valence-corrected chi connectivity index (χ0v) is 10.3. The number of likely N-dealkylation sites (tertiary alicyclic amines) is 1. The predicted molar refractivity (Wildman–Crippen MR) is 70.6 cm³/mol. The summed E-state index contributed by atoms with van der Waals surface area (Å²) in [7, 11) is 0. The van der Waals surface area contributed by atoms with Crippen molar-refractivity contribution in [3.05, 3.63) is 28.7 Å². The maximum Gasteiger partial charge on any atom is 0.419 e. The van der Waals surface area contributed by atoms with Crippen LogP contribution in [0.3, 0.4) is 0 Å². The first-order chi connectivity index (χ1) is 8.74. The number of aromatic nitrogens is 1. The van der Waals surface area contributed by atoms with E-state index in [1.807, 2.05) is 6.07 Å². The van der Waals surface area contributed by atoms with Gasteiger partial charge < -0.3 is 15.1 Å². The molecule has 0 spiro atoms. The Morgan fingerprint density at radius 3 is 2.78 bits per heavy atom. The molecular weight excluding hydrogens is 230 g/mol. The van der Waals surface area contributed by atoms with Gasteiger partial charge in [-0.15, -0.1) is 0 Å². The topological polar surface area (TPSA) is 64.4 Å². The van der Waals surface area contributed by atoms with Crippen LogP contribution in [0, 0.1) is 0 Å². The van der Waals surface area contributed by atoms with Crippen LogP contribution in [0.5, 0.6) is 0 Å². The second-order valence-electron chi connectivity index (χ2n) is 4.80. The average molecular weight is 247 g/mol. The quantitative estimate of drug-likeness (QED) is 0.830. The summed E-state index contributed by atoms with van der Waals surface area (Å²) in [6.45, 7) is 3.85. The van der Waals surface area contributed by atoms with Crippen molar-refractivity contribution in [3.63, 3.8) is 0 Å². The summed E-state index contributed by atoms with van der Waals surface area (Å²) in [6.07, 6.45) is 2.52. The highest BCUT2D eigenvalue weighted by Gasteiger charge is 2.14. The molecule has 3 rings (SSSR count). The number of fused-ring (bicyclic) bond motifs is 1. The number of nitrogen functional groups attached to an aromatic ring is 1. The summed E-state index contributed by atoms with van der Waals surface area (Å²) >= 11 is 0.